The molecule has 1 aromatic rings. The Morgan fingerprint density at radius 3 is 2.72 bits per heavy atom. The van der Waals surface area contributed by atoms with Crippen LogP contribution in [0.5, 0.6) is 5.75 Å². The minimum absolute atomic E-state index is 0.0228. The highest BCUT2D eigenvalue weighted by Crippen LogP contribution is 2.37. The third-order valence-electron chi connectivity index (χ3n) is 3.88. The van der Waals surface area contributed by atoms with Gasteiger partial charge in [0.2, 0.25) is 11.8 Å². The SMILES string of the molecule is CCOC(=O)COc1cccc(NC(=O)CCNC(=O)[C@H]2C[C@@H]2C)c1. The van der Waals surface area contributed by atoms with Gasteiger partial charge in [0.05, 0.1) is 6.61 Å². The Hall–Kier alpha value is -2.57. The van der Waals surface area contributed by atoms with Crippen molar-refractivity contribution in [3.63, 3.8) is 0 Å². The topological polar surface area (TPSA) is 93.7 Å². The Balaban J connectivity index is 1.71. The van der Waals surface area contributed by atoms with Crippen LogP contribution >= 0.6 is 0 Å². The molecule has 0 heterocycles. The number of anilines is 1. The molecular weight excluding hydrogens is 324 g/mol. The molecule has 0 aliphatic heterocycles. The maximum absolute atomic E-state index is 11.9. The van der Waals surface area contributed by atoms with Crippen LogP contribution in [0, 0.1) is 11.8 Å². The van der Waals surface area contributed by atoms with E-state index in [0.717, 1.165) is 6.42 Å². The number of hydrogen-bond acceptors (Lipinski definition) is 5. The number of ether oxygens (including phenoxy) is 2. The van der Waals surface area contributed by atoms with Crippen molar-refractivity contribution in [2.24, 2.45) is 11.8 Å². The fourth-order valence-electron chi connectivity index (χ4n) is 2.35. The summed E-state index contributed by atoms with van der Waals surface area (Å²) in [5.41, 5.74) is 0.563. The lowest BCUT2D eigenvalue weighted by molar-refractivity contribution is -0.145. The molecule has 0 spiro atoms. The molecule has 1 fully saturated rings. The predicted octanol–water partition coefficient (Wildman–Crippen LogP) is 1.73. The van der Waals surface area contributed by atoms with Crippen LogP contribution in [0.3, 0.4) is 0 Å². The summed E-state index contributed by atoms with van der Waals surface area (Å²) < 4.78 is 10.1. The normalized spacial score (nSPS) is 18.2. The van der Waals surface area contributed by atoms with E-state index in [0.29, 0.717) is 30.5 Å². The van der Waals surface area contributed by atoms with Gasteiger partial charge in [0.1, 0.15) is 5.75 Å². The minimum atomic E-state index is -0.447. The highest BCUT2D eigenvalue weighted by Gasteiger charge is 2.38. The molecule has 2 atom stereocenters. The highest BCUT2D eigenvalue weighted by molar-refractivity contribution is 5.91. The summed E-state index contributed by atoms with van der Waals surface area (Å²) in [6.45, 7) is 4.19. The van der Waals surface area contributed by atoms with Gasteiger partial charge >= 0.3 is 5.97 Å². The van der Waals surface area contributed by atoms with Crippen LogP contribution in [0.15, 0.2) is 24.3 Å². The fraction of sp³-hybridized carbons (Fsp3) is 0.500. The predicted molar refractivity (Wildman–Crippen MR) is 92.1 cm³/mol. The standard InChI is InChI=1S/C18H24N2O5/c1-3-24-17(22)11-25-14-6-4-5-13(10-14)20-16(21)7-8-19-18(23)15-9-12(15)2/h4-6,10,12,15H,3,7-9,11H2,1-2H3,(H,19,23)(H,20,21)/t12-,15-/m0/s1. The number of amides is 2. The van der Waals surface area contributed by atoms with E-state index >= 15 is 0 Å². The van der Waals surface area contributed by atoms with Crippen LogP contribution in [-0.4, -0.2) is 37.5 Å². The molecule has 0 unspecified atom stereocenters. The lowest BCUT2D eigenvalue weighted by atomic mass is 10.2. The van der Waals surface area contributed by atoms with Crippen LogP contribution in [0.25, 0.3) is 0 Å². The molecule has 2 N–H and O–H groups in total. The first kappa shape index (κ1) is 18.8. The Kier molecular flexibility index (Phi) is 6.80. The van der Waals surface area contributed by atoms with Gasteiger partial charge in [-0.15, -0.1) is 0 Å². The first-order valence-corrected chi connectivity index (χ1v) is 8.45. The smallest absolute Gasteiger partial charge is 0.344 e. The zero-order chi connectivity index (χ0) is 18.2. The van der Waals surface area contributed by atoms with Crippen molar-refractivity contribution >= 4 is 23.5 Å². The molecule has 0 bridgehead atoms. The maximum atomic E-state index is 11.9. The van der Waals surface area contributed by atoms with Gasteiger partial charge in [-0.05, 0) is 31.4 Å². The average molecular weight is 348 g/mol. The zero-order valence-corrected chi connectivity index (χ0v) is 14.5. The van der Waals surface area contributed by atoms with Gasteiger partial charge in [-0.3, -0.25) is 9.59 Å². The van der Waals surface area contributed by atoms with Gasteiger partial charge in [-0.25, -0.2) is 4.79 Å². The molecule has 7 nitrogen and oxygen atoms in total. The molecule has 0 saturated heterocycles. The molecule has 1 aliphatic carbocycles. The number of carbonyl (C=O) groups is 3. The summed E-state index contributed by atoms with van der Waals surface area (Å²) >= 11 is 0. The van der Waals surface area contributed by atoms with Gasteiger partial charge in [-0.2, -0.15) is 0 Å². The molecule has 0 aromatic heterocycles. The first-order valence-electron chi connectivity index (χ1n) is 8.45. The highest BCUT2D eigenvalue weighted by atomic mass is 16.6. The van der Waals surface area contributed by atoms with E-state index in [1.165, 1.54) is 0 Å². The summed E-state index contributed by atoms with van der Waals surface area (Å²) in [7, 11) is 0. The Labute approximate surface area is 147 Å². The molecule has 25 heavy (non-hydrogen) atoms. The van der Waals surface area contributed by atoms with Gasteiger partial charge in [0, 0.05) is 30.6 Å². The number of hydrogen-bond donors (Lipinski definition) is 2. The molecule has 7 heteroatoms. The van der Waals surface area contributed by atoms with E-state index in [1.807, 2.05) is 6.92 Å². The second kappa shape index (κ2) is 9.05. The average Bonchev–Trinajstić information content (AvgIpc) is 3.30. The number of nitrogens with one attached hydrogen (secondary N) is 2. The number of esters is 1. The van der Waals surface area contributed by atoms with Crippen LogP contribution in [-0.2, 0) is 19.1 Å². The summed E-state index contributed by atoms with van der Waals surface area (Å²) in [5.74, 6) is 0.392. The molecular formula is C18H24N2O5. The monoisotopic (exact) mass is 348 g/mol. The van der Waals surface area contributed by atoms with Crippen molar-refractivity contribution in [2.45, 2.75) is 26.7 Å². The van der Waals surface area contributed by atoms with Crippen LogP contribution in [0.4, 0.5) is 5.69 Å². The minimum Gasteiger partial charge on any atom is -0.482 e. The van der Waals surface area contributed by atoms with E-state index in [-0.39, 0.29) is 30.8 Å². The van der Waals surface area contributed by atoms with E-state index in [1.54, 1.807) is 31.2 Å². The van der Waals surface area contributed by atoms with E-state index < -0.39 is 5.97 Å². The molecule has 1 aliphatic rings. The largest absolute Gasteiger partial charge is 0.482 e. The van der Waals surface area contributed by atoms with Crippen molar-refractivity contribution in [3.8, 4) is 5.75 Å². The Morgan fingerprint density at radius 1 is 1.28 bits per heavy atom. The molecule has 1 aromatic carbocycles. The van der Waals surface area contributed by atoms with Crippen LogP contribution < -0.4 is 15.4 Å². The summed E-state index contributed by atoms with van der Waals surface area (Å²) in [4.78, 5) is 34.9. The van der Waals surface area contributed by atoms with Crippen molar-refractivity contribution in [3.05, 3.63) is 24.3 Å². The second-order valence-corrected chi connectivity index (χ2v) is 6.03. The summed E-state index contributed by atoms with van der Waals surface area (Å²) in [5, 5.41) is 5.51. The zero-order valence-electron chi connectivity index (χ0n) is 14.5. The summed E-state index contributed by atoms with van der Waals surface area (Å²) in [6.07, 6.45) is 1.12. The second-order valence-electron chi connectivity index (χ2n) is 6.03. The molecule has 2 rings (SSSR count). The first-order chi connectivity index (χ1) is 12.0. The lowest BCUT2D eigenvalue weighted by Crippen LogP contribution is -2.29. The molecule has 0 radical (unpaired) electrons. The van der Waals surface area contributed by atoms with Crippen molar-refractivity contribution < 1.29 is 23.9 Å². The van der Waals surface area contributed by atoms with E-state index in [4.69, 9.17) is 9.47 Å². The van der Waals surface area contributed by atoms with Gasteiger partial charge in [-0.1, -0.05) is 13.0 Å². The summed E-state index contributed by atoms with van der Waals surface area (Å²) in [6, 6.07) is 6.75. The van der Waals surface area contributed by atoms with E-state index in [2.05, 4.69) is 10.6 Å². The van der Waals surface area contributed by atoms with E-state index in [9.17, 15) is 14.4 Å². The Bertz CT molecular complexity index is 632. The molecule has 136 valence electrons. The molecule has 1 saturated carbocycles. The lowest BCUT2D eigenvalue weighted by Gasteiger charge is -2.09. The van der Waals surface area contributed by atoms with Crippen molar-refractivity contribution in [1.29, 1.82) is 0 Å². The number of rotatable bonds is 9. The van der Waals surface area contributed by atoms with Gasteiger partial charge < -0.3 is 20.1 Å². The fourth-order valence-corrected chi connectivity index (χ4v) is 2.35. The van der Waals surface area contributed by atoms with Crippen LogP contribution in [0.2, 0.25) is 0 Å². The number of carbonyl (C=O) groups excluding carboxylic acids is 3. The quantitative estimate of drug-likeness (QED) is 0.663. The number of benzene rings is 1. The third kappa shape index (κ3) is 6.45. The van der Waals surface area contributed by atoms with Crippen molar-refractivity contribution in [1.82, 2.24) is 5.32 Å². The van der Waals surface area contributed by atoms with Crippen LogP contribution in [0.1, 0.15) is 26.7 Å². The van der Waals surface area contributed by atoms with Crippen molar-refractivity contribution in [2.75, 3.05) is 25.1 Å². The van der Waals surface area contributed by atoms with Gasteiger partial charge in [0.25, 0.3) is 0 Å². The third-order valence-corrected chi connectivity index (χ3v) is 3.88. The Morgan fingerprint density at radius 2 is 2.04 bits per heavy atom. The van der Waals surface area contributed by atoms with Gasteiger partial charge in [0.15, 0.2) is 6.61 Å². The molecule has 2 amide bonds. The maximum Gasteiger partial charge on any atom is 0.344 e.